The summed E-state index contributed by atoms with van der Waals surface area (Å²) in [6.07, 6.45) is 1.25. The minimum absolute atomic E-state index is 0.461. The van der Waals surface area contributed by atoms with Crippen LogP contribution in [0.2, 0.25) is 4.34 Å². The average molecular weight is 231 g/mol. The topological polar surface area (TPSA) is 24.1 Å². The van der Waals surface area contributed by atoms with E-state index < -0.39 is 0 Å². The highest BCUT2D eigenvalue weighted by Gasteiger charge is 2.25. The Hall–Kier alpha value is -0.0900. The average Bonchev–Trinajstić information content (AvgIpc) is 2.79. The Labute approximate surface area is 93.7 Å². The summed E-state index contributed by atoms with van der Waals surface area (Å²) in [6.45, 7) is 2.25. The second-order valence-corrected chi connectivity index (χ2v) is 5.41. The lowest BCUT2D eigenvalue weighted by atomic mass is 9.98. The number of rotatable bonds is 3. The molecule has 2 N–H and O–H groups in total. The number of halogens is 1. The fourth-order valence-electron chi connectivity index (χ4n) is 2.07. The van der Waals surface area contributed by atoms with Gasteiger partial charge in [0, 0.05) is 10.9 Å². The molecule has 0 aliphatic carbocycles. The quantitative estimate of drug-likeness (QED) is 0.833. The van der Waals surface area contributed by atoms with Gasteiger partial charge in [0.1, 0.15) is 0 Å². The summed E-state index contributed by atoms with van der Waals surface area (Å²) in [5.74, 6) is 0.703. The van der Waals surface area contributed by atoms with Crippen molar-refractivity contribution in [3.05, 3.63) is 21.3 Å². The third-order valence-corrected chi connectivity index (χ3v) is 4.10. The van der Waals surface area contributed by atoms with Gasteiger partial charge in [-0.15, -0.1) is 11.3 Å². The number of thiophene rings is 1. The predicted molar refractivity (Wildman–Crippen MR) is 62.1 cm³/mol. The second kappa shape index (κ2) is 4.62. The van der Waals surface area contributed by atoms with Crippen LogP contribution in [0, 0.1) is 5.92 Å². The lowest BCUT2D eigenvalue weighted by molar-refractivity contribution is 0.416. The zero-order valence-electron chi connectivity index (χ0n) is 8.22. The van der Waals surface area contributed by atoms with Gasteiger partial charge in [-0.05, 0) is 44.6 Å². The van der Waals surface area contributed by atoms with Crippen molar-refractivity contribution in [2.24, 2.45) is 5.92 Å². The van der Waals surface area contributed by atoms with Crippen LogP contribution in [-0.4, -0.2) is 20.1 Å². The second-order valence-electron chi connectivity index (χ2n) is 3.66. The summed E-state index contributed by atoms with van der Waals surface area (Å²) in [5, 5.41) is 6.78. The van der Waals surface area contributed by atoms with Gasteiger partial charge in [0.2, 0.25) is 0 Å². The summed E-state index contributed by atoms with van der Waals surface area (Å²) in [5.41, 5.74) is 0. The maximum atomic E-state index is 5.94. The minimum atomic E-state index is 0.461. The van der Waals surface area contributed by atoms with Crippen LogP contribution in [0.1, 0.15) is 17.3 Å². The van der Waals surface area contributed by atoms with E-state index in [1.165, 1.54) is 11.3 Å². The van der Waals surface area contributed by atoms with Crippen molar-refractivity contribution in [3.8, 4) is 0 Å². The van der Waals surface area contributed by atoms with Crippen LogP contribution < -0.4 is 10.6 Å². The Morgan fingerprint density at radius 1 is 1.64 bits per heavy atom. The van der Waals surface area contributed by atoms with E-state index in [0.717, 1.165) is 17.4 Å². The summed E-state index contributed by atoms with van der Waals surface area (Å²) < 4.78 is 0.881. The van der Waals surface area contributed by atoms with Crippen molar-refractivity contribution in [2.45, 2.75) is 12.5 Å². The van der Waals surface area contributed by atoms with Gasteiger partial charge in [0.05, 0.1) is 4.34 Å². The van der Waals surface area contributed by atoms with Crippen LogP contribution in [0.4, 0.5) is 0 Å². The SMILES string of the molecule is CNC(c1ccc(Cl)s1)C1CCNC1. The van der Waals surface area contributed by atoms with E-state index in [-0.39, 0.29) is 0 Å². The van der Waals surface area contributed by atoms with Crippen LogP contribution in [0.25, 0.3) is 0 Å². The Bertz CT molecular complexity index is 294. The highest BCUT2D eigenvalue weighted by molar-refractivity contribution is 7.16. The smallest absolute Gasteiger partial charge is 0.0931 e. The van der Waals surface area contributed by atoms with Gasteiger partial charge in [0.25, 0.3) is 0 Å². The van der Waals surface area contributed by atoms with Gasteiger partial charge >= 0.3 is 0 Å². The molecule has 2 unspecified atom stereocenters. The summed E-state index contributed by atoms with van der Waals surface area (Å²) in [6, 6.07) is 4.57. The maximum Gasteiger partial charge on any atom is 0.0931 e. The molecule has 2 heterocycles. The standard InChI is InChI=1S/C10H15ClN2S/c1-12-10(7-4-5-13-6-7)8-2-3-9(11)14-8/h2-3,7,10,12-13H,4-6H2,1H3. The molecule has 1 aromatic rings. The molecule has 0 saturated carbocycles. The molecular weight excluding hydrogens is 216 g/mol. The number of hydrogen-bond acceptors (Lipinski definition) is 3. The predicted octanol–water partition coefficient (Wildman–Crippen LogP) is 2.27. The highest BCUT2D eigenvalue weighted by Crippen LogP contribution is 2.33. The summed E-state index contributed by atoms with van der Waals surface area (Å²) in [4.78, 5) is 1.35. The Kier molecular flexibility index (Phi) is 3.44. The molecule has 1 aliphatic rings. The minimum Gasteiger partial charge on any atom is -0.316 e. The van der Waals surface area contributed by atoms with Crippen molar-refractivity contribution < 1.29 is 0 Å². The van der Waals surface area contributed by atoms with E-state index in [2.05, 4.69) is 16.7 Å². The molecule has 0 radical (unpaired) electrons. The first kappa shape index (κ1) is 10.4. The van der Waals surface area contributed by atoms with Crippen LogP contribution >= 0.6 is 22.9 Å². The monoisotopic (exact) mass is 230 g/mol. The van der Waals surface area contributed by atoms with E-state index in [1.807, 2.05) is 13.1 Å². The van der Waals surface area contributed by atoms with Crippen LogP contribution in [-0.2, 0) is 0 Å². The van der Waals surface area contributed by atoms with E-state index in [4.69, 9.17) is 11.6 Å². The molecule has 0 bridgehead atoms. The first-order valence-electron chi connectivity index (χ1n) is 4.94. The van der Waals surface area contributed by atoms with Crippen molar-refractivity contribution in [1.29, 1.82) is 0 Å². The number of hydrogen-bond donors (Lipinski definition) is 2. The molecule has 2 nitrogen and oxygen atoms in total. The fraction of sp³-hybridized carbons (Fsp3) is 0.600. The zero-order chi connectivity index (χ0) is 9.97. The van der Waals surface area contributed by atoms with Crippen LogP contribution in [0.5, 0.6) is 0 Å². The molecule has 1 saturated heterocycles. The van der Waals surface area contributed by atoms with Gasteiger partial charge in [-0.1, -0.05) is 11.6 Å². The molecular formula is C10H15ClN2S. The molecule has 1 aromatic heterocycles. The molecule has 14 heavy (non-hydrogen) atoms. The largest absolute Gasteiger partial charge is 0.316 e. The van der Waals surface area contributed by atoms with Crippen LogP contribution in [0.3, 0.4) is 0 Å². The number of nitrogens with one attached hydrogen (secondary N) is 2. The van der Waals surface area contributed by atoms with Crippen molar-refractivity contribution >= 4 is 22.9 Å². The highest BCUT2D eigenvalue weighted by atomic mass is 35.5. The molecule has 4 heteroatoms. The third-order valence-electron chi connectivity index (χ3n) is 2.78. The Morgan fingerprint density at radius 2 is 2.50 bits per heavy atom. The normalized spacial score (nSPS) is 24.0. The first-order valence-corrected chi connectivity index (χ1v) is 6.14. The Morgan fingerprint density at radius 3 is 3.00 bits per heavy atom. The molecule has 2 atom stereocenters. The van der Waals surface area contributed by atoms with Crippen molar-refractivity contribution in [1.82, 2.24) is 10.6 Å². The van der Waals surface area contributed by atoms with Gasteiger partial charge in [-0.2, -0.15) is 0 Å². The van der Waals surface area contributed by atoms with E-state index >= 15 is 0 Å². The van der Waals surface area contributed by atoms with Gasteiger partial charge in [0.15, 0.2) is 0 Å². The van der Waals surface area contributed by atoms with E-state index in [9.17, 15) is 0 Å². The fourth-order valence-corrected chi connectivity index (χ4v) is 3.33. The lowest BCUT2D eigenvalue weighted by Crippen LogP contribution is -2.26. The van der Waals surface area contributed by atoms with Crippen molar-refractivity contribution in [3.63, 3.8) is 0 Å². The molecule has 0 amide bonds. The third kappa shape index (κ3) is 2.11. The lowest BCUT2D eigenvalue weighted by Gasteiger charge is -2.20. The molecule has 1 aliphatic heterocycles. The molecule has 0 aromatic carbocycles. The summed E-state index contributed by atoms with van der Waals surface area (Å²) >= 11 is 7.63. The van der Waals surface area contributed by atoms with Gasteiger partial charge in [-0.3, -0.25) is 0 Å². The van der Waals surface area contributed by atoms with E-state index in [1.54, 1.807) is 11.3 Å². The zero-order valence-corrected chi connectivity index (χ0v) is 9.79. The molecule has 78 valence electrons. The van der Waals surface area contributed by atoms with Crippen molar-refractivity contribution in [2.75, 3.05) is 20.1 Å². The first-order chi connectivity index (χ1) is 6.81. The van der Waals surface area contributed by atoms with Gasteiger partial charge in [-0.25, -0.2) is 0 Å². The maximum absolute atomic E-state index is 5.94. The van der Waals surface area contributed by atoms with Gasteiger partial charge < -0.3 is 10.6 Å². The summed E-state index contributed by atoms with van der Waals surface area (Å²) in [7, 11) is 2.02. The Balaban J connectivity index is 2.12. The molecule has 2 rings (SSSR count). The molecule has 0 spiro atoms. The van der Waals surface area contributed by atoms with Crippen LogP contribution in [0.15, 0.2) is 12.1 Å². The molecule has 1 fully saturated rings. The van der Waals surface area contributed by atoms with E-state index in [0.29, 0.717) is 12.0 Å².